The summed E-state index contributed by atoms with van der Waals surface area (Å²) in [5.41, 5.74) is 2.74. The molecule has 0 saturated carbocycles. The van der Waals surface area contributed by atoms with Gasteiger partial charge in [0.25, 0.3) is 0 Å². The number of benzene rings is 1. The zero-order valence-corrected chi connectivity index (χ0v) is 12.5. The maximum Gasteiger partial charge on any atom is 0.0348 e. The molecule has 0 aliphatic carbocycles. The van der Waals surface area contributed by atoms with Gasteiger partial charge in [-0.15, -0.1) is 11.3 Å². The van der Waals surface area contributed by atoms with Gasteiger partial charge in [-0.3, -0.25) is 0 Å². The summed E-state index contributed by atoms with van der Waals surface area (Å²) in [6, 6.07) is 6.93. The fourth-order valence-corrected chi connectivity index (χ4v) is 4.23. The van der Waals surface area contributed by atoms with E-state index in [1.807, 2.05) is 23.1 Å². The van der Waals surface area contributed by atoms with E-state index >= 15 is 0 Å². The lowest BCUT2D eigenvalue weighted by Gasteiger charge is -2.03. The van der Waals surface area contributed by atoms with Crippen molar-refractivity contribution in [2.75, 3.05) is 0 Å². The van der Waals surface area contributed by atoms with E-state index < -0.39 is 0 Å². The normalized spacial score (nSPS) is 17.7. The molecular weight excluding hydrogens is 256 g/mol. The first kappa shape index (κ1) is 12.1. The molecule has 0 atom stereocenters. The minimum absolute atomic E-state index is 1.09. The largest absolute Gasteiger partial charge is 0.141 e. The van der Waals surface area contributed by atoms with E-state index in [0.717, 1.165) is 6.42 Å². The molecule has 92 valence electrons. The molecule has 0 N–H and O–H groups in total. The van der Waals surface area contributed by atoms with Gasteiger partial charge in [-0.25, -0.2) is 0 Å². The van der Waals surface area contributed by atoms with Crippen LogP contribution in [0.15, 0.2) is 34.1 Å². The van der Waals surface area contributed by atoms with Crippen molar-refractivity contribution in [3.8, 4) is 0 Å². The number of hydrogen-bond acceptors (Lipinski definition) is 2. The number of thioether (sulfide) groups is 1. The molecule has 2 heteroatoms. The molecule has 2 heterocycles. The second-order valence-electron chi connectivity index (χ2n) is 4.84. The van der Waals surface area contributed by atoms with Gasteiger partial charge in [-0.1, -0.05) is 17.8 Å². The quantitative estimate of drug-likeness (QED) is 0.623. The summed E-state index contributed by atoms with van der Waals surface area (Å²) < 4.78 is 1.40. The van der Waals surface area contributed by atoms with E-state index in [4.69, 9.17) is 0 Å². The summed E-state index contributed by atoms with van der Waals surface area (Å²) in [6.45, 7) is 6.57. The number of fused-ring (bicyclic) bond motifs is 1. The number of rotatable bonds is 1. The van der Waals surface area contributed by atoms with Gasteiger partial charge in [0.1, 0.15) is 0 Å². The molecular formula is C16H16S2. The van der Waals surface area contributed by atoms with Gasteiger partial charge >= 0.3 is 0 Å². The third-order valence-corrected chi connectivity index (χ3v) is 5.28. The molecule has 0 nitrogen and oxygen atoms in total. The second kappa shape index (κ2) is 4.60. The lowest BCUT2D eigenvalue weighted by molar-refractivity contribution is 1.38. The number of aryl methyl sites for hydroxylation is 2. The van der Waals surface area contributed by atoms with Gasteiger partial charge in [0, 0.05) is 9.58 Å². The van der Waals surface area contributed by atoms with E-state index in [1.165, 1.54) is 35.9 Å². The first-order valence-corrected chi connectivity index (χ1v) is 7.81. The van der Waals surface area contributed by atoms with Crippen molar-refractivity contribution >= 4 is 39.3 Å². The smallest absolute Gasteiger partial charge is 0.0348 e. The second-order valence-corrected chi connectivity index (χ2v) is 7.50. The first-order chi connectivity index (χ1) is 8.61. The fourth-order valence-electron chi connectivity index (χ4n) is 2.29. The van der Waals surface area contributed by atoms with Crippen LogP contribution in [-0.2, 0) is 0 Å². The van der Waals surface area contributed by atoms with Crippen LogP contribution < -0.4 is 0 Å². The first-order valence-electron chi connectivity index (χ1n) is 6.18. The van der Waals surface area contributed by atoms with E-state index in [1.54, 1.807) is 0 Å². The predicted octanol–water partition coefficient (Wildman–Crippen LogP) is 5.90. The number of thiophene rings is 1. The molecule has 0 bridgehead atoms. The highest BCUT2D eigenvalue weighted by molar-refractivity contribution is 8.07. The topological polar surface area (TPSA) is 0 Å². The molecule has 0 spiro atoms. The van der Waals surface area contributed by atoms with E-state index in [-0.39, 0.29) is 0 Å². The van der Waals surface area contributed by atoms with Crippen LogP contribution in [0.5, 0.6) is 0 Å². The van der Waals surface area contributed by atoms with Gasteiger partial charge in [0.15, 0.2) is 0 Å². The Morgan fingerprint density at radius 2 is 1.94 bits per heavy atom. The van der Waals surface area contributed by atoms with Crippen LogP contribution in [-0.4, -0.2) is 0 Å². The third-order valence-electron chi connectivity index (χ3n) is 3.23. The van der Waals surface area contributed by atoms with Crippen LogP contribution in [0.25, 0.3) is 16.2 Å². The highest BCUT2D eigenvalue weighted by atomic mass is 32.2. The monoisotopic (exact) mass is 272 g/mol. The third kappa shape index (κ3) is 2.27. The summed E-state index contributed by atoms with van der Waals surface area (Å²) in [5.74, 6) is 0. The maximum absolute atomic E-state index is 2.35. The molecule has 3 rings (SSSR count). The molecule has 0 unspecified atom stereocenters. The Bertz CT molecular complexity index is 672. The zero-order chi connectivity index (χ0) is 12.7. The SMILES string of the molecule is CC1=CC/C(=C\c2cc3cc(C)sc3cc2C)S1. The lowest BCUT2D eigenvalue weighted by Crippen LogP contribution is -1.81. The lowest BCUT2D eigenvalue weighted by atomic mass is 10.1. The summed E-state index contributed by atoms with van der Waals surface area (Å²) in [6.07, 6.45) is 5.75. The standard InChI is InChI=1S/C16H16S2/c1-10-6-16-14(7-12(3)18-16)8-13(10)9-15-5-4-11(2)17-15/h4,6-9H,5H2,1-3H3/b15-9+. The average molecular weight is 272 g/mol. The molecule has 1 aromatic heterocycles. The molecule has 1 aliphatic heterocycles. The zero-order valence-electron chi connectivity index (χ0n) is 10.9. The maximum atomic E-state index is 2.35. The van der Waals surface area contributed by atoms with Crippen LogP contribution in [0.2, 0.25) is 0 Å². The van der Waals surface area contributed by atoms with Crippen LogP contribution in [0, 0.1) is 13.8 Å². The number of hydrogen-bond donors (Lipinski definition) is 0. The van der Waals surface area contributed by atoms with Gasteiger partial charge in [-0.2, -0.15) is 0 Å². The van der Waals surface area contributed by atoms with Crippen molar-refractivity contribution in [3.05, 3.63) is 50.1 Å². The Labute approximate surface area is 116 Å². The molecule has 2 aromatic rings. The highest BCUT2D eigenvalue weighted by Gasteiger charge is 2.08. The van der Waals surface area contributed by atoms with Crippen LogP contribution in [0.4, 0.5) is 0 Å². The van der Waals surface area contributed by atoms with Crippen molar-refractivity contribution in [1.82, 2.24) is 0 Å². The van der Waals surface area contributed by atoms with Crippen molar-refractivity contribution in [3.63, 3.8) is 0 Å². The van der Waals surface area contributed by atoms with Gasteiger partial charge < -0.3 is 0 Å². The fraction of sp³-hybridized carbons (Fsp3) is 0.250. The molecule has 18 heavy (non-hydrogen) atoms. The Morgan fingerprint density at radius 3 is 2.67 bits per heavy atom. The van der Waals surface area contributed by atoms with Crippen molar-refractivity contribution in [2.45, 2.75) is 27.2 Å². The Balaban J connectivity index is 2.04. The molecule has 0 radical (unpaired) electrons. The van der Waals surface area contributed by atoms with Gasteiger partial charge in [-0.05, 0) is 77.8 Å². The summed E-state index contributed by atoms with van der Waals surface area (Å²) in [5, 5.41) is 1.38. The number of allylic oxidation sites excluding steroid dienone is 3. The predicted molar refractivity (Wildman–Crippen MR) is 85.2 cm³/mol. The Kier molecular flexibility index (Phi) is 3.08. The Morgan fingerprint density at radius 1 is 1.11 bits per heavy atom. The average Bonchev–Trinajstić information content (AvgIpc) is 2.85. The van der Waals surface area contributed by atoms with Crippen molar-refractivity contribution in [2.24, 2.45) is 0 Å². The molecule has 0 amide bonds. The minimum Gasteiger partial charge on any atom is -0.141 e. The molecule has 0 saturated heterocycles. The van der Waals surface area contributed by atoms with Crippen LogP contribution in [0.3, 0.4) is 0 Å². The Hall–Kier alpha value is -0.990. The minimum atomic E-state index is 1.09. The molecule has 1 aromatic carbocycles. The van der Waals surface area contributed by atoms with Crippen LogP contribution >= 0.6 is 23.1 Å². The van der Waals surface area contributed by atoms with E-state index in [9.17, 15) is 0 Å². The van der Waals surface area contributed by atoms with E-state index in [2.05, 4.69) is 51.1 Å². The van der Waals surface area contributed by atoms with Crippen LogP contribution in [0.1, 0.15) is 29.3 Å². The van der Waals surface area contributed by atoms with Crippen molar-refractivity contribution < 1.29 is 0 Å². The summed E-state index contributed by atoms with van der Waals surface area (Å²) >= 11 is 3.79. The summed E-state index contributed by atoms with van der Waals surface area (Å²) in [7, 11) is 0. The summed E-state index contributed by atoms with van der Waals surface area (Å²) in [4.78, 5) is 4.27. The van der Waals surface area contributed by atoms with Crippen molar-refractivity contribution in [1.29, 1.82) is 0 Å². The highest BCUT2D eigenvalue weighted by Crippen LogP contribution is 2.37. The van der Waals surface area contributed by atoms with Gasteiger partial charge in [0.05, 0.1) is 0 Å². The van der Waals surface area contributed by atoms with Gasteiger partial charge in [0.2, 0.25) is 0 Å². The molecule has 1 aliphatic rings. The molecule has 0 fully saturated rings. The van der Waals surface area contributed by atoms with E-state index in [0.29, 0.717) is 0 Å².